The zero-order valence-electron chi connectivity index (χ0n) is 10.9. The SMILES string of the molecule is Cc1nc(S(=O)(=O)N2CCC(C)C(O)C2)cn1C. The Bertz CT molecular complexity index is 518. The summed E-state index contributed by atoms with van der Waals surface area (Å²) in [6.07, 6.45) is 1.58. The molecule has 1 aliphatic rings. The number of rotatable bonds is 2. The van der Waals surface area contributed by atoms with Gasteiger partial charge in [0.2, 0.25) is 0 Å². The quantitative estimate of drug-likeness (QED) is 0.830. The molecular weight excluding hydrogens is 254 g/mol. The molecule has 1 aliphatic heterocycles. The van der Waals surface area contributed by atoms with E-state index in [9.17, 15) is 13.5 Å². The van der Waals surface area contributed by atoms with Crippen LogP contribution in [0.15, 0.2) is 11.2 Å². The highest BCUT2D eigenvalue weighted by Gasteiger charge is 2.34. The molecule has 2 rings (SSSR count). The number of aliphatic hydroxyl groups excluding tert-OH is 1. The van der Waals surface area contributed by atoms with Crippen molar-refractivity contribution in [2.45, 2.75) is 31.4 Å². The van der Waals surface area contributed by atoms with Crippen LogP contribution in [0.5, 0.6) is 0 Å². The van der Waals surface area contributed by atoms with E-state index in [0.29, 0.717) is 18.8 Å². The van der Waals surface area contributed by atoms with Gasteiger partial charge >= 0.3 is 0 Å². The summed E-state index contributed by atoms with van der Waals surface area (Å²) >= 11 is 0. The molecule has 0 aliphatic carbocycles. The summed E-state index contributed by atoms with van der Waals surface area (Å²) < 4.78 is 27.7. The number of sulfonamides is 1. The van der Waals surface area contributed by atoms with Crippen LogP contribution in [-0.4, -0.2) is 46.6 Å². The third kappa shape index (κ3) is 2.30. The number of piperidine rings is 1. The van der Waals surface area contributed by atoms with Crippen LogP contribution in [0.25, 0.3) is 0 Å². The zero-order valence-corrected chi connectivity index (χ0v) is 11.7. The molecule has 1 aromatic heterocycles. The Hall–Kier alpha value is -0.920. The Kier molecular flexibility index (Phi) is 3.48. The van der Waals surface area contributed by atoms with Gasteiger partial charge in [-0.3, -0.25) is 0 Å². The lowest BCUT2D eigenvalue weighted by atomic mass is 9.98. The first-order valence-electron chi connectivity index (χ1n) is 6.00. The summed E-state index contributed by atoms with van der Waals surface area (Å²) in [6, 6.07) is 0. The molecule has 1 fully saturated rings. The minimum atomic E-state index is -3.58. The van der Waals surface area contributed by atoms with Crippen molar-refractivity contribution in [3.05, 3.63) is 12.0 Å². The van der Waals surface area contributed by atoms with Gasteiger partial charge in [-0.1, -0.05) is 6.92 Å². The maximum absolute atomic E-state index is 12.3. The summed E-state index contributed by atoms with van der Waals surface area (Å²) in [4.78, 5) is 4.05. The van der Waals surface area contributed by atoms with Crippen molar-refractivity contribution in [3.8, 4) is 0 Å². The van der Waals surface area contributed by atoms with Crippen LogP contribution in [0, 0.1) is 12.8 Å². The van der Waals surface area contributed by atoms with Gasteiger partial charge in [0.05, 0.1) is 6.10 Å². The topological polar surface area (TPSA) is 75.4 Å². The van der Waals surface area contributed by atoms with Crippen molar-refractivity contribution in [3.63, 3.8) is 0 Å². The highest BCUT2D eigenvalue weighted by atomic mass is 32.2. The predicted molar refractivity (Wildman–Crippen MR) is 66.5 cm³/mol. The molecule has 0 spiro atoms. The lowest BCUT2D eigenvalue weighted by Gasteiger charge is -2.32. The van der Waals surface area contributed by atoms with Crippen LogP contribution in [-0.2, 0) is 17.1 Å². The van der Waals surface area contributed by atoms with Gasteiger partial charge < -0.3 is 9.67 Å². The number of hydrogen-bond donors (Lipinski definition) is 1. The van der Waals surface area contributed by atoms with E-state index in [-0.39, 0.29) is 17.5 Å². The van der Waals surface area contributed by atoms with Crippen molar-refractivity contribution in [1.82, 2.24) is 13.9 Å². The summed E-state index contributed by atoms with van der Waals surface area (Å²) in [5.41, 5.74) is 0. The van der Waals surface area contributed by atoms with Gasteiger partial charge in [-0.05, 0) is 19.3 Å². The number of aromatic nitrogens is 2. The Balaban J connectivity index is 2.26. The van der Waals surface area contributed by atoms with Gasteiger partial charge in [0.1, 0.15) is 5.82 Å². The van der Waals surface area contributed by atoms with Crippen LogP contribution in [0.1, 0.15) is 19.2 Å². The first kappa shape index (κ1) is 13.5. The Labute approximate surface area is 107 Å². The van der Waals surface area contributed by atoms with Crippen molar-refractivity contribution in [2.24, 2.45) is 13.0 Å². The molecule has 7 heteroatoms. The Morgan fingerprint density at radius 1 is 1.50 bits per heavy atom. The van der Waals surface area contributed by atoms with Crippen molar-refractivity contribution >= 4 is 10.0 Å². The summed E-state index contributed by atoms with van der Waals surface area (Å²) in [6.45, 7) is 4.28. The highest BCUT2D eigenvalue weighted by Crippen LogP contribution is 2.23. The molecule has 1 saturated heterocycles. The molecule has 2 heterocycles. The van der Waals surface area contributed by atoms with Crippen molar-refractivity contribution in [1.29, 1.82) is 0 Å². The lowest BCUT2D eigenvalue weighted by Crippen LogP contribution is -2.45. The van der Waals surface area contributed by atoms with Gasteiger partial charge in [0, 0.05) is 26.3 Å². The van der Waals surface area contributed by atoms with Crippen LogP contribution < -0.4 is 0 Å². The molecule has 6 nitrogen and oxygen atoms in total. The molecule has 2 unspecified atom stereocenters. The van der Waals surface area contributed by atoms with Gasteiger partial charge in [0.25, 0.3) is 10.0 Å². The van der Waals surface area contributed by atoms with Gasteiger partial charge in [0.15, 0.2) is 5.03 Å². The largest absolute Gasteiger partial charge is 0.391 e. The molecule has 18 heavy (non-hydrogen) atoms. The van der Waals surface area contributed by atoms with E-state index in [1.54, 1.807) is 18.5 Å². The van der Waals surface area contributed by atoms with Gasteiger partial charge in [-0.25, -0.2) is 13.4 Å². The predicted octanol–water partition coefficient (Wildman–Crippen LogP) is 0.120. The van der Waals surface area contributed by atoms with E-state index in [1.807, 2.05) is 6.92 Å². The number of nitrogens with zero attached hydrogens (tertiary/aromatic N) is 3. The molecule has 1 aromatic rings. The normalized spacial score (nSPS) is 26.4. The smallest absolute Gasteiger partial charge is 0.262 e. The van der Waals surface area contributed by atoms with E-state index < -0.39 is 16.1 Å². The second-order valence-corrected chi connectivity index (χ2v) is 6.82. The third-order valence-corrected chi connectivity index (χ3v) is 5.31. The fraction of sp³-hybridized carbons (Fsp3) is 0.727. The van der Waals surface area contributed by atoms with E-state index in [0.717, 1.165) is 0 Å². The summed E-state index contributed by atoms with van der Waals surface area (Å²) in [5.74, 6) is 0.793. The molecule has 102 valence electrons. The number of β-amino-alcohol motifs (C(OH)–C–C–N with tert-alkyl or cyclic N) is 1. The maximum Gasteiger partial charge on any atom is 0.262 e. The number of aryl methyl sites for hydroxylation is 2. The summed E-state index contributed by atoms with van der Waals surface area (Å²) in [5, 5.41) is 9.85. The minimum Gasteiger partial charge on any atom is -0.391 e. The summed E-state index contributed by atoms with van der Waals surface area (Å²) in [7, 11) is -1.82. The Morgan fingerprint density at radius 3 is 2.67 bits per heavy atom. The van der Waals surface area contributed by atoms with E-state index in [2.05, 4.69) is 4.98 Å². The standard InChI is InChI=1S/C11H19N3O3S/c1-8-4-5-14(6-10(8)15)18(16,17)11-7-13(3)9(2)12-11/h7-8,10,15H,4-6H2,1-3H3. The van der Waals surface area contributed by atoms with E-state index in [4.69, 9.17) is 0 Å². The fourth-order valence-electron chi connectivity index (χ4n) is 2.02. The van der Waals surface area contributed by atoms with Gasteiger partial charge in [-0.15, -0.1) is 0 Å². The molecule has 0 aromatic carbocycles. The number of aliphatic hydroxyl groups is 1. The first-order valence-corrected chi connectivity index (χ1v) is 7.44. The van der Waals surface area contributed by atoms with E-state index in [1.165, 1.54) is 10.5 Å². The monoisotopic (exact) mass is 273 g/mol. The zero-order chi connectivity index (χ0) is 13.5. The molecule has 0 bridgehead atoms. The van der Waals surface area contributed by atoms with Crippen molar-refractivity contribution in [2.75, 3.05) is 13.1 Å². The van der Waals surface area contributed by atoms with Crippen LogP contribution in [0.2, 0.25) is 0 Å². The van der Waals surface area contributed by atoms with Crippen LogP contribution >= 0.6 is 0 Å². The van der Waals surface area contributed by atoms with Gasteiger partial charge in [-0.2, -0.15) is 4.31 Å². The Morgan fingerprint density at radius 2 is 2.17 bits per heavy atom. The maximum atomic E-state index is 12.3. The fourth-order valence-corrected chi connectivity index (χ4v) is 3.52. The van der Waals surface area contributed by atoms with E-state index >= 15 is 0 Å². The first-order chi connectivity index (χ1) is 8.32. The number of hydrogen-bond acceptors (Lipinski definition) is 4. The second kappa shape index (κ2) is 4.64. The third-order valence-electron chi connectivity index (χ3n) is 3.57. The molecule has 0 radical (unpaired) electrons. The lowest BCUT2D eigenvalue weighted by molar-refractivity contribution is 0.0604. The number of imidazole rings is 1. The van der Waals surface area contributed by atoms with Crippen LogP contribution in [0.4, 0.5) is 0 Å². The molecule has 1 N–H and O–H groups in total. The average molecular weight is 273 g/mol. The molecule has 2 atom stereocenters. The molecule has 0 amide bonds. The molecule has 0 saturated carbocycles. The van der Waals surface area contributed by atoms with Crippen LogP contribution in [0.3, 0.4) is 0 Å². The molecular formula is C11H19N3O3S. The average Bonchev–Trinajstić information content (AvgIpc) is 2.64. The second-order valence-electron chi connectivity index (χ2n) is 4.93. The van der Waals surface area contributed by atoms with Crippen molar-refractivity contribution < 1.29 is 13.5 Å². The minimum absolute atomic E-state index is 0.0595. The highest BCUT2D eigenvalue weighted by molar-refractivity contribution is 7.89.